The van der Waals surface area contributed by atoms with Crippen molar-refractivity contribution >= 4 is 5.91 Å². The molecule has 0 spiro atoms. The third kappa shape index (κ3) is 4.24. The Morgan fingerprint density at radius 1 is 1.24 bits per heavy atom. The Morgan fingerprint density at radius 3 is 2.68 bits per heavy atom. The topological polar surface area (TPSA) is 49.8 Å². The number of carbonyl (C=O) groups is 1. The zero-order chi connectivity index (χ0) is 17.8. The fourth-order valence-corrected chi connectivity index (χ4v) is 3.36. The van der Waals surface area contributed by atoms with Crippen LogP contribution in [-0.4, -0.2) is 35.7 Å². The van der Waals surface area contributed by atoms with Gasteiger partial charge in [0, 0.05) is 13.7 Å². The van der Waals surface area contributed by atoms with Gasteiger partial charge in [-0.25, -0.2) is 4.39 Å². The molecule has 132 valence electrons. The van der Waals surface area contributed by atoms with Crippen LogP contribution in [0.25, 0.3) is 0 Å². The van der Waals surface area contributed by atoms with E-state index < -0.39 is 6.10 Å². The molecule has 1 saturated heterocycles. The molecule has 4 nitrogen and oxygen atoms in total. The zero-order valence-corrected chi connectivity index (χ0v) is 14.2. The van der Waals surface area contributed by atoms with E-state index in [1.54, 1.807) is 24.1 Å². The molecule has 0 aromatic heterocycles. The summed E-state index contributed by atoms with van der Waals surface area (Å²) >= 11 is 0. The molecule has 0 aliphatic carbocycles. The maximum Gasteiger partial charge on any atom is 0.227 e. The molecule has 2 aromatic rings. The molecule has 1 aliphatic heterocycles. The van der Waals surface area contributed by atoms with Gasteiger partial charge in [-0.15, -0.1) is 0 Å². The monoisotopic (exact) mass is 343 g/mol. The number of aliphatic hydroxyl groups is 1. The SMILES string of the molecule is COCc1cccc(CC(=O)N2CC(O)CC2c2ccc(F)cc2)c1. The van der Waals surface area contributed by atoms with Crippen LogP contribution in [0, 0.1) is 5.82 Å². The Kier molecular flexibility index (Phi) is 5.46. The van der Waals surface area contributed by atoms with Gasteiger partial charge in [-0.3, -0.25) is 4.79 Å². The van der Waals surface area contributed by atoms with E-state index in [1.807, 2.05) is 24.3 Å². The number of methoxy groups -OCH3 is 1. The van der Waals surface area contributed by atoms with E-state index in [0.29, 0.717) is 19.6 Å². The normalized spacial score (nSPS) is 20.0. The minimum atomic E-state index is -0.557. The molecule has 1 fully saturated rings. The van der Waals surface area contributed by atoms with Crippen LogP contribution in [0.4, 0.5) is 4.39 Å². The number of hydrogen-bond acceptors (Lipinski definition) is 3. The molecule has 25 heavy (non-hydrogen) atoms. The minimum Gasteiger partial charge on any atom is -0.391 e. The molecule has 3 rings (SSSR count). The van der Waals surface area contributed by atoms with Gasteiger partial charge in [0.05, 0.1) is 25.2 Å². The van der Waals surface area contributed by atoms with Crippen molar-refractivity contribution in [2.45, 2.75) is 31.6 Å². The van der Waals surface area contributed by atoms with E-state index in [0.717, 1.165) is 16.7 Å². The first-order chi connectivity index (χ1) is 12.1. The summed E-state index contributed by atoms with van der Waals surface area (Å²) in [7, 11) is 1.64. The fourth-order valence-electron chi connectivity index (χ4n) is 3.36. The van der Waals surface area contributed by atoms with Crippen LogP contribution in [0.1, 0.15) is 29.2 Å². The summed E-state index contributed by atoms with van der Waals surface area (Å²) in [6.45, 7) is 0.807. The number of aliphatic hydroxyl groups excluding tert-OH is 1. The molecule has 0 saturated carbocycles. The van der Waals surface area contributed by atoms with Gasteiger partial charge in [-0.05, 0) is 35.2 Å². The Labute approximate surface area is 146 Å². The minimum absolute atomic E-state index is 0.0413. The number of ether oxygens (including phenoxy) is 1. The largest absolute Gasteiger partial charge is 0.391 e. The van der Waals surface area contributed by atoms with Crippen LogP contribution in [0.3, 0.4) is 0 Å². The number of β-amino-alcohol motifs (C(OH)–C–C–N with tert-alkyl or cyclic N) is 1. The molecule has 0 radical (unpaired) electrons. The lowest BCUT2D eigenvalue weighted by Gasteiger charge is -2.25. The van der Waals surface area contributed by atoms with Crippen LogP contribution in [0.15, 0.2) is 48.5 Å². The molecule has 0 bridgehead atoms. The predicted octanol–water partition coefficient (Wildman–Crippen LogP) is 2.85. The van der Waals surface area contributed by atoms with Crippen molar-refractivity contribution in [3.63, 3.8) is 0 Å². The van der Waals surface area contributed by atoms with Gasteiger partial charge in [-0.2, -0.15) is 0 Å². The molecule has 1 heterocycles. The van der Waals surface area contributed by atoms with Crippen molar-refractivity contribution < 1.29 is 19.0 Å². The van der Waals surface area contributed by atoms with Crippen LogP contribution < -0.4 is 0 Å². The van der Waals surface area contributed by atoms with Crippen molar-refractivity contribution in [1.29, 1.82) is 0 Å². The van der Waals surface area contributed by atoms with Crippen molar-refractivity contribution in [2.24, 2.45) is 0 Å². The molecule has 2 unspecified atom stereocenters. The third-order valence-electron chi connectivity index (χ3n) is 4.51. The van der Waals surface area contributed by atoms with Crippen LogP contribution in [0.2, 0.25) is 0 Å². The van der Waals surface area contributed by atoms with Crippen molar-refractivity contribution in [3.8, 4) is 0 Å². The number of amides is 1. The lowest BCUT2D eigenvalue weighted by Crippen LogP contribution is -2.33. The first-order valence-corrected chi connectivity index (χ1v) is 8.36. The lowest BCUT2D eigenvalue weighted by atomic mass is 10.0. The smallest absolute Gasteiger partial charge is 0.227 e. The number of benzene rings is 2. The standard InChI is InChI=1S/C20H22FNO3/c1-25-13-15-4-2-3-14(9-15)10-20(24)22-12-18(23)11-19(22)16-5-7-17(21)8-6-16/h2-9,18-19,23H,10-13H2,1H3. The summed E-state index contributed by atoms with van der Waals surface area (Å²) in [6, 6.07) is 13.6. The van der Waals surface area contributed by atoms with Gasteiger partial charge in [0.1, 0.15) is 5.82 Å². The van der Waals surface area contributed by atoms with Gasteiger partial charge < -0.3 is 14.7 Å². The first kappa shape index (κ1) is 17.6. The summed E-state index contributed by atoms with van der Waals surface area (Å²) in [4.78, 5) is 14.5. The Hall–Kier alpha value is -2.24. The van der Waals surface area contributed by atoms with E-state index in [9.17, 15) is 14.3 Å². The maximum atomic E-state index is 13.2. The highest BCUT2D eigenvalue weighted by Gasteiger charge is 2.35. The highest BCUT2D eigenvalue weighted by Crippen LogP contribution is 2.32. The molecule has 1 aliphatic rings. The van der Waals surface area contributed by atoms with Crippen LogP contribution in [-0.2, 0) is 22.6 Å². The molecular weight excluding hydrogens is 321 g/mol. The lowest BCUT2D eigenvalue weighted by molar-refractivity contribution is -0.131. The summed E-state index contributed by atoms with van der Waals surface area (Å²) in [5.74, 6) is -0.351. The van der Waals surface area contributed by atoms with E-state index in [4.69, 9.17) is 4.74 Å². The summed E-state index contributed by atoms with van der Waals surface area (Å²) < 4.78 is 18.3. The molecule has 2 atom stereocenters. The number of nitrogens with zero attached hydrogens (tertiary/aromatic N) is 1. The summed E-state index contributed by atoms with van der Waals surface area (Å²) in [5.41, 5.74) is 2.78. The third-order valence-corrected chi connectivity index (χ3v) is 4.51. The van der Waals surface area contributed by atoms with Gasteiger partial charge in [0.25, 0.3) is 0 Å². The van der Waals surface area contributed by atoms with Crippen molar-refractivity contribution in [3.05, 3.63) is 71.0 Å². The number of rotatable bonds is 5. The molecule has 1 N–H and O–H groups in total. The highest BCUT2D eigenvalue weighted by molar-refractivity contribution is 5.79. The van der Waals surface area contributed by atoms with Crippen molar-refractivity contribution in [2.75, 3.05) is 13.7 Å². The van der Waals surface area contributed by atoms with Gasteiger partial charge in [0.15, 0.2) is 0 Å². The van der Waals surface area contributed by atoms with Crippen LogP contribution >= 0.6 is 0 Å². The van der Waals surface area contributed by atoms with Crippen molar-refractivity contribution in [1.82, 2.24) is 4.90 Å². The fraction of sp³-hybridized carbons (Fsp3) is 0.350. The average Bonchev–Trinajstić information content (AvgIpc) is 2.98. The highest BCUT2D eigenvalue weighted by atomic mass is 19.1. The number of hydrogen-bond donors (Lipinski definition) is 1. The Bertz CT molecular complexity index is 732. The van der Waals surface area contributed by atoms with Gasteiger partial charge in [0.2, 0.25) is 5.91 Å². The van der Waals surface area contributed by atoms with Gasteiger partial charge >= 0.3 is 0 Å². The number of carbonyl (C=O) groups excluding carboxylic acids is 1. The van der Waals surface area contributed by atoms with E-state index in [2.05, 4.69) is 0 Å². The first-order valence-electron chi connectivity index (χ1n) is 8.36. The summed E-state index contributed by atoms with van der Waals surface area (Å²) in [5, 5.41) is 10.0. The second kappa shape index (κ2) is 7.76. The molecule has 2 aromatic carbocycles. The quantitative estimate of drug-likeness (QED) is 0.908. The number of likely N-dealkylation sites (tertiary alicyclic amines) is 1. The Balaban J connectivity index is 1.75. The molecule has 1 amide bonds. The van der Waals surface area contributed by atoms with E-state index in [-0.39, 0.29) is 24.2 Å². The van der Waals surface area contributed by atoms with E-state index in [1.165, 1.54) is 12.1 Å². The van der Waals surface area contributed by atoms with Crippen LogP contribution in [0.5, 0.6) is 0 Å². The number of halogens is 1. The predicted molar refractivity (Wildman–Crippen MR) is 92.3 cm³/mol. The summed E-state index contributed by atoms with van der Waals surface area (Å²) in [6.07, 6.45) is 0.183. The second-order valence-corrected chi connectivity index (χ2v) is 6.43. The second-order valence-electron chi connectivity index (χ2n) is 6.43. The maximum absolute atomic E-state index is 13.2. The molecule has 5 heteroatoms. The van der Waals surface area contributed by atoms with Gasteiger partial charge in [-0.1, -0.05) is 36.4 Å². The van der Waals surface area contributed by atoms with E-state index >= 15 is 0 Å². The zero-order valence-electron chi connectivity index (χ0n) is 14.2. The average molecular weight is 343 g/mol. The Morgan fingerprint density at radius 2 is 1.96 bits per heavy atom. The molecular formula is C20H22FNO3.